The zero-order valence-electron chi connectivity index (χ0n) is 15.1. The molecule has 0 N–H and O–H groups in total. The van der Waals surface area contributed by atoms with Crippen molar-refractivity contribution in [1.29, 1.82) is 0 Å². The summed E-state index contributed by atoms with van der Waals surface area (Å²) in [6, 6.07) is 9.54. The molecule has 25 heavy (non-hydrogen) atoms. The largest absolute Gasteiger partial charge is 0.445 e. The van der Waals surface area contributed by atoms with Crippen molar-refractivity contribution >= 4 is 12.0 Å². The molecule has 2 amide bonds. The fraction of sp³-hybridized carbons (Fsp3) is 0.579. The lowest BCUT2D eigenvalue weighted by molar-refractivity contribution is -0.171. The summed E-state index contributed by atoms with van der Waals surface area (Å²) in [5.74, 6) is -0.258. The van der Waals surface area contributed by atoms with Gasteiger partial charge in [0.15, 0.2) is 0 Å². The average Bonchev–Trinajstić information content (AvgIpc) is 3.35. The van der Waals surface area contributed by atoms with E-state index in [1.165, 1.54) is 12.2 Å². The smallest absolute Gasteiger partial charge is 0.410 e. The van der Waals surface area contributed by atoms with Gasteiger partial charge in [-0.25, -0.2) is 9.86 Å². The Bertz CT molecular complexity index is 636. The first-order valence-corrected chi connectivity index (χ1v) is 8.84. The molecule has 0 radical (unpaired) electrons. The number of hydroxylamine groups is 2. The van der Waals surface area contributed by atoms with E-state index >= 15 is 0 Å². The minimum Gasteiger partial charge on any atom is -0.445 e. The van der Waals surface area contributed by atoms with Crippen LogP contribution in [0.4, 0.5) is 4.79 Å². The molecule has 1 aromatic carbocycles. The number of nitrogens with zero attached hydrogens (tertiary/aromatic N) is 2. The zero-order valence-corrected chi connectivity index (χ0v) is 15.1. The number of likely N-dealkylation sites (tertiary alicyclic amines) is 1. The Balaban J connectivity index is 1.69. The Labute approximate surface area is 148 Å². The van der Waals surface area contributed by atoms with Crippen molar-refractivity contribution in [3.8, 4) is 0 Å². The molecule has 3 atom stereocenters. The van der Waals surface area contributed by atoms with E-state index < -0.39 is 0 Å². The molecular weight excluding hydrogens is 320 g/mol. The number of fused-ring (bicyclic) bond motifs is 1. The van der Waals surface area contributed by atoms with Crippen LogP contribution >= 0.6 is 0 Å². The third kappa shape index (κ3) is 3.11. The van der Waals surface area contributed by atoms with E-state index in [0.717, 1.165) is 24.8 Å². The third-order valence-electron chi connectivity index (χ3n) is 5.74. The SMILES string of the molecule is CC[C@]12CCCN(C(=O)OCc3ccccc3)[C@H]1[C@@H]2C(=O)N(C)OC. The van der Waals surface area contributed by atoms with Crippen LogP contribution < -0.4 is 0 Å². The van der Waals surface area contributed by atoms with Gasteiger partial charge in [0.25, 0.3) is 5.91 Å². The molecule has 6 nitrogen and oxygen atoms in total. The average molecular weight is 346 g/mol. The molecule has 2 aliphatic rings. The third-order valence-corrected chi connectivity index (χ3v) is 5.74. The summed E-state index contributed by atoms with van der Waals surface area (Å²) < 4.78 is 5.50. The first-order valence-electron chi connectivity index (χ1n) is 8.84. The summed E-state index contributed by atoms with van der Waals surface area (Å²) >= 11 is 0. The second-order valence-corrected chi connectivity index (χ2v) is 6.86. The lowest BCUT2D eigenvalue weighted by Gasteiger charge is -2.30. The summed E-state index contributed by atoms with van der Waals surface area (Å²) in [7, 11) is 3.10. The predicted molar refractivity (Wildman–Crippen MR) is 92.3 cm³/mol. The fourth-order valence-corrected chi connectivity index (χ4v) is 4.26. The van der Waals surface area contributed by atoms with Gasteiger partial charge in [-0.3, -0.25) is 9.63 Å². The van der Waals surface area contributed by atoms with Crippen molar-refractivity contribution < 1.29 is 19.2 Å². The monoisotopic (exact) mass is 346 g/mol. The van der Waals surface area contributed by atoms with Crippen molar-refractivity contribution in [2.45, 2.75) is 38.8 Å². The molecule has 0 unspecified atom stereocenters. The first kappa shape index (κ1) is 17.7. The fourth-order valence-electron chi connectivity index (χ4n) is 4.26. The van der Waals surface area contributed by atoms with E-state index in [4.69, 9.17) is 9.57 Å². The Morgan fingerprint density at radius 1 is 1.32 bits per heavy atom. The van der Waals surface area contributed by atoms with Crippen LogP contribution in [0.25, 0.3) is 0 Å². The highest BCUT2D eigenvalue weighted by atomic mass is 16.7. The number of benzene rings is 1. The lowest BCUT2D eigenvalue weighted by atomic mass is 9.91. The van der Waals surface area contributed by atoms with Gasteiger partial charge in [0.2, 0.25) is 0 Å². The van der Waals surface area contributed by atoms with E-state index in [-0.39, 0.29) is 36.0 Å². The number of hydrogen-bond acceptors (Lipinski definition) is 4. The Morgan fingerprint density at radius 2 is 2.04 bits per heavy atom. The summed E-state index contributed by atoms with van der Waals surface area (Å²) in [5, 5.41) is 1.27. The number of piperidine rings is 1. The van der Waals surface area contributed by atoms with E-state index in [0.29, 0.717) is 6.54 Å². The number of ether oxygens (including phenoxy) is 1. The van der Waals surface area contributed by atoms with Crippen LogP contribution in [0.15, 0.2) is 30.3 Å². The normalized spacial score (nSPS) is 27.4. The van der Waals surface area contributed by atoms with Crippen LogP contribution in [0.1, 0.15) is 31.7 Å². The van der Waals surface area contributed by atoms with E-state index in [2.05, 4.69) is 6.92 Å². The number of amides is 2. The van der Waals surface area contributed by atoms with Gasteiger partial charge in [-0.2, -0.15) is 0 Å². The molecule has 1 saturated carbocycles. The molecule has 1 aliphatic carbocycles. The number of carbonyl (C=O) groups is 2. The minimum atomic E-state index is -0.332. The van der Waals surface area contributed by atoms with Gasteiger partial charge in [-0.15, -0.1) is 0 Å². The highest BCUT2D eigenvalue weighted by Gasteiger charge is 2.71. The molecule has 0 bridgehead atoms. The number of rotatable bonds is 5. The summed E-state index contributed by atoms with van der Waals surface area (Å²) in [5.41, 5.74) is 0.825. The second-order valence-electron chi connectivity index (χ2n) is 6.86. The molecular formula is C19H26N2O4. The minimum absolute atomic E-state index is 0.0582. The van der Waals surface area contributed by atoms with Gasteiger partial charge >= 0.3 is 6.09 Å². The van der Waals surface area contributed by atoms with Gasteiger partial charge < -0.3 is 9.64 Å². The molecule has 1 aliphatic heterocycles. The lowest BCUT2D eigenvalue weighted by Crippen LogP contribution is -2.41. The van der Waals surface area contributed by atoms with Crippen LogP contribution in [0.3, 0.4) is 0 Å². The Kier molecular flexibility index (Phi) is 4.99. The van der Waals surface area contributed by atoms with Crippen molar-refractivity contribution in [2.75, 3.05) is 20.7 Å². The second kappa shape index (κ2) is 7.04. The molecule has 2 fully saturated rings. The van der Waals surface area contributed by atoms with Crippen LogP contribution in [0, 0.1) is 11.3 Å². The zero-order chi connectivity index (χ0) is 18.0. The maximum atomic E-state index is 12.6. The number of carbonyl (C=O) groups excluding carboxylic acids is 2. The summed E-state index contributed by atoms with van der Waals surface area (Å²) in [6.07, 6.45) is 2.39. The van der Waals surface area contributed by atoms with E-state index in [1.807, 2.05) is 30.3 Å². The first-order chi connectivity index (χ1) is 12.0. The molecule has 6 heteroatoms. The number of hydrogen-bond donors (Lipinski definition) is 0. The predicted octanol–water partition coefficient (Wildman–Crippen LogP) is 2.83. The molecule has 1 heterocycles. The molecule has 0 spiro atoms. The standard InChI is InChI=1S/C19H26N2O4/c1-4-19-11-8-12-21(16(19)15(19)17(22)20(2)24-3)18(23)25-13-14-9-6-5-7-10-14/h5-7,9-10,15-16H,4,8,11-13H2,1-3H3/t15-,16+,19-/m1/s1. The molecule has 1 aromatic rings. The van der Waals surface area contributed by atoms with E-state index in [1.54, 1.807) is 11.9 Å². The van der Waals surface area contributed by atoms with Crippen LogP contribution in [-0.4, -0.2) is 48.7 Å². The molecule has 1 saturated heterocycles. The van der Waals surface area contributed by atoms with Gasteiger partial charge in [0.05, 0.1) is 19.1 Å². The van der Waals surface area contributed by atoms with Crippen molar-refractivity contribution in [3.63, 3.8) is 0 Å². The molecule has 136 valence electrons. The maximum absolute atomic E-state index is 12.6. The van der Waals surface area contributed by atoms with Gasteiger partial charge in [0, 0.05) is 19.0 Å². The van der Waals surface area contributed by atoms with Crippen molar-refractivity contribution in [3.05, 3.63) is 35.9 Å². The Morgan fingerprint density at radius 3 is 2.68 bits per heavy atom. The van der Waals surface area contributed by atoms with Crippen LogP contribution in [0.2, 0.25) is 0 Å². The van der Waals surface area contributed by atoms with Gasteiger partial charge in [-0.05, 0) is 24.8 Å². The maximum Gasteiger partial charge on any atom is 0.410 e. The highest BCUT2D eigenvalue weighted by molar-refractivity contribution is 5.85. The molecule has 0 aromatic heterocycles. The quantitative estimate of drug-likeness (QED) is 0.769. The van der Waals surface area contributed by atoms with Crippen molar-refractivity contribution in [2.24, 2.45) is 11.3 Å². The summed E-state index contributed by atoms with van der Waals surface area (Å²) in [6.45, 7) is 2.98. The summed E-state index contributed by atoms with van der Waals surface area (Å²) in [4.78, 5) is 32.1. The molecule has 3 rings (SSSR count). The highest BCUT2D eigenvalue weighted by Crippen LogP contribution is 2.63. The topological polar surface area (TPSA) is 59.1 Å². The van der Waals surface area contributed by atoms with Crippen LogP contribution in [-0.2, 0) is 21.0 Å². The van der Waals surface area contributed by atoms with Gasteiger partial charge in [0.1, 0.15) is 6.61 Å². The van der Waals surface area contributed by atoms with E-state index in [9.17, 15) is 9.59 Å². The Hall–Kier alpha value is -2.08. The van der Waals surface area contributed by atoms with Gasteiger partial charge in [-0.1, -0.05) is 37.3 Å². The van der Waals surface area contributed by atoms with Crippen LogP contribution in [0.5, 0.6) is 0 Å². The van der Waals surface area contributed by atoms with Crippen molar-refractivity contribution in [1.82, 2.24) is 9.96 Å².